The van der Waals surface area contributed by atoms with Crippen molar-refractivity contribution in [3.63, 3.8) is 0 Å². The number of thiophene rings is 1. The van der Waals surface area contributed by atoms with Crippen LogP contribution in [0.15, 0.2) is 28.2 Å². The standard InChI is InChI=1S/C13H17N3OS/c1-10-7-16(5-4-14-10)8-11-9-17-13(15-11)12-3-2-6-18-12/h2-3,6,9-10,14H,4-5,7-8H2,1H3. The molecule has 0 aromatic carbocycles. The Kier molecular flexibility index (Phi) is 3.45. The lowest BCUT2D eigenvalue weighted by Crippen LogP contribution is -2.48. The molecule has 0 amide bonds. The molecule has 1 atom stereocenters. The van der Waals surface area contributed by atoms with Crippen molar-refractivity contribution in [1.29, 1.82) is 0 Å². The first kappa shape index (κ1) is 11.9. The Morgan fingerprint density at radius 2 is 2.56 bits per heavy atom. The fourth-order valence-corrected chi connectivity index (χ4v) is 2.93. The first-order chi connectivity index (χ1) is 8.81. The molecule has 0 aliphatic carbocycles. The number of nitrogens with zero attached hydrogens (tertiary/aromatic N) is 2. The highest BCUT2D eigenvalue weighted by Crippen LogP contribution is 2.24. The highest BCUT2D eigenvalue weighted by atomic mass is 32.1. The number of rotatable bonds is 3. The Bertz CT molecular complexity index is 494. The molecule has 96 valence electrons. The second kappa shape index (κ2) is 5.22. The lowest BCUT2D eigenvalue weighted by molar-refractivity contribution is 0.197. The largest absolute Gasteiger partial charge is 0.444 e. The molecule has 5 heteroatoms. The summed E-state index contributed by atoms with van der Waals surface area (Å²) in [4.78, 5) is 8.06. The van der Waals surface area contributed by atoms with Gasteiger partial charge in [0.25, 0.3) is 0 Å². The van der Waals surface area contributed by atoms with Crippen LogP contribution in [0.25, 0.3) is 10.8 Å². The Morgan fingerprint density at radius 1 is 1.61 bits per heavy atom. The van der Waals surface area contributed by atoms with Crippen LogP contribution in [0.5, 0.6) is 0 Å². The van der Waals surface area contributed by atoms with Gasteiger partial charge in [-0.2, -0.15) is 0 Å². The molecule has 3 rings (SSSR count). The lowest BCUT2D eigenvalue weighted by Gasteiger charge is -2.31. The van der Waals surface area contributed by atoms with Gasteiger partial charge in [-0.3, -0.25) is 4.90 Å². The third-order valence-corrected chi connectivity index (χ3v) is 3.98. The van der Waals surface area contributed by atoms with Gasteiger partial charge in [0, 0.05) is 32.2 Å². The van der Waals surface area contributed by atoms with E-state index in [2.05, 4.69) is 22.1 Å². The normalized spacial score (nSPS) is 21.3. The van der Waals surface area contributed by atoms with Crippen LogP contribution in [0.1, 0.15) is 12.6 Å². The zero-order valence-corrected chi connectivity index (χ0v) is 11.2. The van der Waals surface area contributed by atoms with Crippen molar-refractivity contribution in [1.82, 2.24) is 15.2 Å². The summed E-state index contributed by atoms with van der Waals surface area (Å²) < 4.78 is 5.53. The number of aromatic nitrogens is 1. The summed E-state index contributed by atoms with van der Waals surface area (Å²) in [6.07, 6.45) is 1.78. The third kappa shape index (κ3) is 2.63. The molecule has 1 aliphatic heterocycles. The van der Waals surface area contributed by atoms with Crippen LogP contribution in [0, 0.1) is 0 Å². The van der Waals surface area contributed by atoms with Crippen molar-refractivity contribution < 1.29 is 4.42 Å². The Balaban J connectivity index is 1.66. The first-order valence-corrected chi connectivity index (χ1v) is 7.13. The van der Waals surface area contributed by atoms with Crippen molar-refractivity contribution in [3.05, 3.63) is 29.5 Å². The van der Waals surface area contributed by atoms with Crippen molar-refractivity contribution in [2.24, 2.45) is 0 Å². The molecule has 1 unspecified atom stereocenters. The van der Waals surface area contributed by atoms with Gasteiger partial charge in [0.15, 0.2) is 0 Å². The smallest absolute Gasteiger partial charge is 0.236 e. The fourth-order valence-electron chi connectivity index (χ4n) is 2.28. The fraction of sp³-hybridized carbons (Fsp3) is 0.462. The zero-order valence-electron chi connectivity index (χ0n) is 10.4. The highest BCUT2D eigenvalue weighted by molar-refractivity contribution is 7.13. The SMILES string of the molecule is CC1CN(Cc2coc(-c3cccs3)n2)CCN1. The van der Waals surface area contributed by atoms with Crippen molar-refractivity contribution in [2.45, 2.75) is 19.5 Å². The molecule has 0 spiro atoms. The van der Waals surface area contributed by atoms with E-state index in [1.54, 1.807) is 17.6 Å². The number of hydrogen-bond donors (Lipinski definition) is 1. The molecule has 0 radical (unpaired) electrons. The van der Waals surface area contributed by atoms with E-state index in [1.165, 1.54) is 0 Å². The molecule has 2 aromatic rings. The second-order valence-electron chi connectivity index (χ2n) is 4.71. The monoisotopic (exact) mass is 263 g/mol. The molecule has 2 aromatic heterocycles. The molecule has 1 fully saturated rings. The van der Waals surface area contributed by atoms with Gasteiger partial charge in [0.1, 0.15) is 6.26 Å². The summed E-state index contributed by atoms with van der Waals surface area (Å²) in [7, 11) is 0. The predicted molar refractivity (Wildman–Crippen MR) is 72.6 cm³/mol. The number of nitrogens with one attached hydrogen (secondary N) is 1. The average molecular weight is 263 g/mol. The summed E-state index contributed by atoms with van der Waals surface area (Å²) in [6.45, 7) is 6.29. The van der Waals surface area contributed by atoms with Crippen molar-refractivity contribution in [3.8, 4) is 10.8 Å². The Morgan fingerprint density at radius 3 is 3.33 bits per heavy atom. The summed E-state index contributed by atoms with van der Waals surface area (Å²) in [5, 5.41) is 5.48. The van der Waals surface area contributed by atoms with Gasteiger partial charge in [0.05, 0.1) is 10.6 Å². The predicted octanol–water partition coefficient (Wildman–Crippen LogP) is 2.20. The highest BCUT2D eigenvalue weighted by Gasteiger charge is 2.17. The van der Waals surface area contributed by atoms with Crippen LogP contribution in [-0.4, -0.2) is 35.6 Å². The molecule has 4 nitrogen and oxygen atoms in total. The number of hydrogen-bond acceptors (Lipinski definition) is 5. The van der Waals surface area contributed by atoms with Crippen LogP contribution in [0.3, 0.4) is 0 Å². The molecule has 0 bridgehead atoms. The van der Waals surface area contributed by atoms with Crippen molar-refractivity contribution >= 4 is 11.3 Å². The third-order valence-electron chi connectivity index (χ3n) is 3.12. The quantitative estimate of drug-likeness (QED) is 0.921. The summed E-state index contributed by atoms with van der Waals surface area (Å²) in [6, 6.07) is 4.61. The second-order valence-corrected chi connectivity index (χ2v) is 5.66. The molecule has 1 saturated heterocycles. The van der Waals surface area contributed by atoms with Gasteiger partial charge in [-0.15, -0.1) is 11.3 Å². The van der Waals surface area contributed by atoms with E-state index in [9.17, 15) is 0 Å². The van der Waals surface area contributed by atoms with Crippen molar-refractivity contribution in [2.75, 3.05) is 19.6 Å². The van der Waals surface area contributed by atoms with E-state index < -0.39 is 0 Å². The minimum Gasteiger partial charge on any atom is -0.444 e. The first-order valence-electron chi connectivity index (χ1n) is 6.25. The van der Waals surface area contributed by atoms with E-state index in [4.69, 9.17) is 4.42 Å². The van der Waals surface area contributed by atoms with E-state index in [1.807, 2.05) is 17.5 Å². The maximum Gasteiger partial charge on any atom is 0.236 e. The molecule has 3 heterocycles. The molecule has 1 N–H and O–H groups in total. The Hall–Kier alpha value is -1.17. The van der Waals surface area contributed by atoms with Gasteiger partial charge in [-0.25, -0.2) is 4.98 Å². The summed E-state index contributed by atoms with van der Waals surface area (Å²) in [5.41, 5.74) is 1.02. The maximum absolute atomic E-state index is 5.53. The molecule has 18 heavy (non-hydrogen) atoms. The summed E-state index contributed by atoms with van der Waals surface area (Å²) >= 11 is 1.66. The van der Waals surface area contributed by atoms with Gasteiger partial charge in [-0.05, 0) is 18.4 Å². The molecule has 1 aliphatic rings. The van der Waals surface area contributed by atoms with Crippen LogP contribution >= 0.6 is 11.3 Å². The molecule has 0 saturated carbocycles. The van der Waals surface area contributed by atoms with Crippen LogP contribution < -0.4 is 5.32 Å². The van der Waals surface area contributed by atoms with Gasteiger partial charge >= 0.3 is 0 Å². The van der Waals surface area contributed by atoms with Gasteiger partial charge in [-0.1, -0.05) is 6.07 Å². The zero-order chi connectivity index (χ0) is 12.4. The number of oxazole rings is 1. The van der Waals surface area contributed by atoms with Gasteiger partial charge in [0.2, 0.25) is 5.89 Å². The van der Waals surface area contributed by atoms with E-state index in [0.717, 1.165) is 42.6 Å². The lowest BCUT2D eigenvalue weighted by atomic mass is 10.2. The van der Waals surface area contributed by atoms with E-state index >= 15 is 0 Å². The summed E-state index contributed by atoms with van der Waals surface area (Å²) in [5.74, 6) is 0.739. The Labute approximate surface area is 111 Å². The van der Waals surface area contributed by atoms with E-state index in [-0.39, 0.29) is 0 Å². The minimum absolute atomic E-state index is 0.558. The van der Waals surface area contributed by atoms with Crippen LogP contribution in [0.2, 0.25) is 0 Å². The maximum atomic E-state index is 5.53. The van der Waals surface area contributed by atoms with Crippen LogP contribution in [-0.2, 0) is 6.54 Å². The minimum atomic E-state index is 0.558. The number of piperazine rings is 1. The topological polar surface area (TPSA) is 41.3 Å². The van der Waals surface area contributed by atoms with Gasteiger partial charge < -0.3 is 9.73 Å². The molecular formula is C13H17N3OS. The molecular weight excluding hydrogens is 246 g/mol. The average Bonchev–Trinajstić information content (AvgIpc) is 2.98. The van der Waals surface area contributed by atoms with E-state index in [0.29, 0.717) is 6.04 Å². The van der Waals surface area contributed by atoms with Crippen LogP contribution in [0.4, 0.5) is 0 Å².